The van der Waals surface area contributed by atoms with Gasteiger partial charge in [-0.15, -0.1) is 5.10 Å². The van der Waals surface area contributed by atoms with Crippen molar-refractivity contribution < 1.29 is 4.79 Å². The minimum Gasteiger partial charge on any atom is -0.323 e. The van der Waals surface area contributed by atoms with Crippen molar-refractivity contribution in [1.29, 1.82) is 0 Å². The van der Waals surface area contributed by atoms with Crippen molar-refractivity contribution in [2.24, 2.45) is 0 Å². The number of amides is 1. The van der Waals surface area contributed by atoms with E-state index in [1.54, 1.807) is 18.2 Å². The molecule has 1 aromatic carbocycles. The molecule has 1 aromatic heterocycles. The molecule has 2 N–H and O–H groups in total. The van der Waals surface area contributed by atoms with Crippen LogP contribution in [0.1, 0.15) is 19.8 Å². The van der Waals surface area contributed by atoms with Crippen molar-refractivity contribution in [2.45, 2.75) is 31.5 Å². The minimum absolute atomic E-state index is 0.0952. The number of hydrogen-bond donors (Lipinski definition) is 2. The molecule has 0 radical (unpaired) electrons. The zero-order chi connectivity index (χ0) is 16.8. The van der Waals surface area contributed by atoms with Gasteiger partial charge in [-0.2, -0.15) is 0 Å². The summed E-state index contributed by atoms with van der Waals surface area (Å²) in [5.41, 5.74) is 0.113. The normalized spacial score (nSPS) is 10.7. The van der Waals surface area contributed by atoms with Crippen molar-refractivity contribution in [2.75, 3.05) is 11.1 Å². The highest BCUT2D eigenvalue weighted by Gasteiger charge is 2.13. The second kappa shape index (κ2) is 8.42. The van der Waals surface area contributed by atoms with Crippen molar-refractivity contribution in [3.63, 3.8) is 0 Å². The standard InChI is InChI=1S/C14H16Cl2N4O2S/c1-2-3-7-20-13(22)18-19-14(20)23-8-11(21)17-12-9(15)5-4-6-10(12)16/h4-6H,2-3,7-8H2,1H3,(H,17,21)(H,18,22). The Hall–Kier alpha value is -1.44. The highest BCUT2D eigenvalue weighted by molar-refractivity contribution is 7.99. The summed E-state index contributed by atoms with van der Waals surface area (Å²) < 4.78 is 1.53. The molecule has 0 fully saturated rings. The smallest absolute Gasteiger partial charge is 0.323 e. The van der Waals surface area contributed by atoms with Crippen LogP contribution in [0.5, 0.6) is 0 Å². The molecule has 0 bridgehead atoms. The van der Waals surface area contributed by atoms with E-state index < -0.39 is 0 Å². The average Bonchev–Trinajstić information content (AvgIpc) is 2.87. The lowest BCUT2D eigenvalue weighted by Gasteiger charge is -2.09. The molecule has 0 aliphatic carbocycles. The van der Waals surface area contributed by atoms with E-state index in [0.717, 1.165) is 12.8 Å². The van der Waals surface area contributed by atoms with Gasteiger partial charge in [0.15, 0.2) is 5.16 Å². The van der Waals surface area contributed by atoms with E-state index >= 15 is 0 Å². The maximum atomic E-state index is 12.0. The van der Waals surface area contributed by atoms with E-state index in [1.165, 1.54) is 16.3 Å². The predicted octanol–water partition coefficient (Wildman–Crippen LogP) is 3.41. The number of nitrogens with one attached hydrogen (secondary N) is 2. The Morgan fingerprint density at radius 3 is 2.74 bits per heavy atom. The lowest BCUT2D eigenvalue weighted by molar-refractivity contribution is -0.113. The molecule has 2 aromatic rings. The van der Waals surface area contributed by atoms with Gasteiger partial charge < -0.3 is 5.32 Å². The molecular weight excluding hydrogens is 359 g/mol. The van der Waals surface area contributed by atoms with Gasteiger partial charge in [0.2, 0.25) is 5.91 Å². The van der Waals surface area contributed by atoms with E-state index in [2.05, 4.69) is 15.5 Å². The van der Waals surface area contributed by atoms with Crippen LogP contribution in [-0.4, -0.2) is 26.4 Å². The number of H-pyrrole nitrogens is 1. The van der Waals surface area contributed by atoms with Crippen LogP contribution >= 0.6 is 35.0 Å². The molecule has 0 saturated heterocycles. The molecule has 0 spiro atoms. The second-order valence-corrected chi connectivity index (χ2v) is 6.51. The van der Waals surface area contributed by atoms with Crippen molar-refractivity contribution in [3.05, 3.63) is 38.7 Å². The largest absolute Gasteiger partial charge is 0.343 e. The number of halogens is 2. The first-order valence-corrected chi connectivity index (χ1v) is 8.79. The van der Waals surface area contributed by atoms with Crippen LogP contribution in [0.4, 0.5) is 5.69 Å². The third kappa shape index (κ3) is 4.76. The second-order valence-electron chi connectivity index (χ2n) is 4.75. The molecule has 23 heavy (non-hydrogen) atoms. The number of nitrogens with zero attached hydrogens (tertiary/aromatic N) is 2. The SMILES string of the molecule is CCCCn1c(SCC(=O)Nc2c(Cl)cccc2Cl)n[nH]c1=O. The van der Waals surface area contributed by atoms with E-state index in [9.17, 15) is 9.59 Å². The zero-order valence-corrected chi connectivity index (χ0v) is 14.8. The summed E-state index contributed by atoms with van der Waals surface area (Å²) >= 11 is 13.2. The molecule has 0 saturated carbocycles. The fraction of sp³-hybridized carbons (Fsp3) is 0.357. The average molecular weight is 375 g/mol. The number of rotatable bonds is 7. The first kappa shape index (κ1) is 17.9. The first-order chi connectivity index (χ1) is 11.0. The number of unbranched alkanes of at least 4 members (excludes halogenated alkanes) is 1. The first-order valence-electron chi connectivity index (χ1n) is 7.04. The van der Waals surface area contributed by atoms with Crippen LogP contribution in [0, 0.1) is 0 Å². The van der Waals surface area contributed by atoms with Gasteiger partial charge in [-0.05, 0) is 18.6 Å². The number of thioether (sulfide) groups is 1. The summed E-state index contributed by atoms with van der Waals surface area (Å²) in [5.74, 6) is -0.180. The van der Waals surface area contributed by atoms with Gasteiger partial charge in [0.05, 0.1) is 21.5 Å². The lowest BCUT2D eigenvalue weighted by Crippen LogP contribution is -2.19. The number of para-hydroxylation sites is 1. The van der Waals surface area contributed by atoms with Crippen LogP contribution in [0.25, 0.3) is 0 Å². The van der Waals surface area contributed by atoms with Gasteiger partial charge in [-0.1, -0.05) is 54.4 Å². The van der Waals surface area contributed by atoms with Crippen LogP contribution < -0.4 is 11.0 Å². The summed E-state index contributed by atoms with van der Waals surface area (Å²) in [6.07, 6.45) is 1.83. The van der Waals surface area contributed by atoms with Crippen molar-refractivity contribution >= 4 is 46.6 Å². The van der Waals surface area contributed by atoms with Crippen molar-refractivity contribution in [3.8, 4) is 0 Å². The van der Waals surface area contributed by atoms with E-state index in [4.69, 9.17) is 23.2 Å². The number of aromatic nitrogens is 3. The van der Waals surface area contributed by atoms with Gasteiger partial charge in [0, 0.05) is 6.54 Å². The molecule has 1 amide bonds. The summed E-state index contributed by atoms with van der Waals surface area (Å²) in [7, 11) is 0. The Bertz CT molecular complexity index is 724. The molecule has 0 aliphatic heterocycles. The molecular formula is C14H16Cl2N4O2S. The van der Waals surface area contributed by atoms with Gasteiger partial charge >= 0.3 is 5.69 Å². The number of benzene rings is 1. The third-order valence-corrected chi connectivity index (χ3v) is 4.62. The highest BCUT2D eigenvalue weighted by atomic mass is 35.5. The van der Waals surface area contributed by atoms with Gasteiger partial charge in [-0.3, -0.25) is 9.36 Å². The third-order valence-electron chi connectivity index (χ3n) is 3.02. The van der Waals surface area contributed by atoms with Crippen LogP contribution in [-0.2, 0) is 11.3 Å². The fourth-order valence-corrected chi connectivity index (χ4v) is 3.11. The zero-order valence-electron chi connectivity index (χ0n) is 12.4. The molecule has 0 atom stereocenters. The van der Waals surface area contributed by atoms with Gasteiger partial charge in [-0.25, -0.2) is 9.89 Å². The Kier molecular flexibility index (Phi) is 6.56. The van der Waals surface area contributed by atoms with E-state index in [0.29, 0.717) is 27.4 Å². The van der Waals surface area contributed by atoms with E-state index in [1.807, 2.05) is 6.92 Å². The molecule has 2 rings (SSSR count). The summed E-state index contributed by atoms with van der Waals surface area (Å²) in [6.45, 7) is 2.62. The predicted molar refractivity (Wildman–Crippen MR) is 93.6 cm³/mol. The maximum absolute atomic E-state index is 12.0. The highest BCUT2D eigenvalue weighted by Crippen LogP contribution is 2.30. The topological polar surface area (TPSA) is 79.8 Å². The molecule has 9 heteroatoms. The maximum Gasteiger partial charge on any atom is 0.343 e. The number of aromatic amines is 1. The Morgan fingerprint density at radius 2 is 2.09 bits per heavy atom. The Labute approximate surface area is 147 Å². The quantitative estimate of drug-likeness (QED) is 0.727. The number of carbonyl (C=O) groups is 1. The fourth-order valence-electron chi connectivity index (χ4n) is 1.85. The Balaban J connectivity index is 1.99. The van der Waals surface area contributed by atoms with Crippen LogP contribution in [0.3, 0.4) is 0 Å². The Morgan fingerprint density at radius 1 is 1.39 bits per heavy atom. The number of carbonyl (C=O) groups excluding carboxylic acids is 1. The lowest BCUT2D eigenvalue weighted by atomic mass is 10.3. The molecule has 1 heterocycles. The van der Waals surface area contributed by atoms with Crippen LogP contribution in [0.2, 0.25) is 10.0 Å². The minimum atomic E-state index is -0.275. The van der Waals surface area contributed by atoms with E-state index in [-0.39, 0.29) is 17.3 Å². The summed E-state index contributed by atoms with van der Waals surface area (Å²) in [4.78, 5) is 23.7. The monoisotopic (exact) mass is 374 g/mol. The molecule has 0 unspecified atom stereocenters. The van der Waals surface area contributed by atoms with Gasteiger partial charge in [0.25, 0.3) is 0 Å². The molecule has 124 valence electrons. The van der Waals surface area contributed by atoms with Crippen LogP contribution in [0.15, 0.2) is 28.2 Å². The number of anilines is 1. The summed E-state index contributed by atoms with van der Waals surface area (Å²) in [6, 6.07) is 4.99. The molecule has 0 aliphatic rings. The van der Waals surface area contributed by atoms with Crippen molar-refractivity contribution in [1.82, 2.24) is 14.8 Å². The van der Waals surface area contributed by atoms with Gasteiger partial charge in [0.1, 0.15) is 0 Å². The number of hydrogen-bond acceptors (Lipinski definition) is 4. The molecule has 6 nitrogen and oxygen atoms in total. The summed E-state index contributed by atoms with van der Waals surface area (Å²) in [5, 5.41) is 10.2.